The molecule has 0 aliphatic heterocycles. The van der Waals surface area contributed by atoms with Crippen molar-refractivity contribution in [2.75, 3.05) is 6.26 Å². The van der Waals surface area contributed by atoms with Gasteiger partial charge in [0.15, 0.2) is 15.6 Å². The fourth-order valence-electron chi connectivity index (χ4n) is 2.94. The Morgan fingerprint density at radius 2 is 1.77 bits per heavy atom. The van der Waals surface area contributed by atoms with Gasteiger partial charge in [0.1, 0.15) is 5.69 Å². The van der Waals surface area contributed by atoms with E-state index >= 15 is 0 Å². The van der Waals surface area contributed by atoms with E-state index in [1.165, 1.54) is 6.26 Å². The van der Waals surface area contributed by atoms with Crippen LogP contribution in [0.4, 0.5) is 0 Å². The van der Waals surface area contributed by atoms with Crippen LogP contribution in [0.25, 0.3) is 0 Å². The first-order chi connectivity index (χ1) is 10.4. The smallest absolute Gasteiger partial charge is 0.191 e. The molecule has 1 aromatic heterocycles. The molecule has 1 heterocycles. The minimum absolute atomic E-state index is 0.0199. The average Bonchev–Trinajstić information content (AvgIpc) is 2.46. The normalized spacial score (nSPS) is 16.8. The van der Waals surface area contributed by atoms with Gasteiger partial charge >= 0.3 is 0 Å². The Labute approximate surface area is 130 Å². The lowest BCUT2D eigenvalue weighted by Crippen LogP contribution is -2.42. The third kappa shape index (κ3) is 2.46. The molecular weight excluding hydrogens is 298 g/mol. The molecule has 5 heteroatoms. The number of sulfone groups is 1. The van der Waals surface area contributed by atoms with Crippen molar-refractivity contribution in [1.82, 2.24) is 4.98 Å². The van der Waals surface area contributed by atoms with Crippen LogP contribution in [0, 0.1) is 0 Å². The lowest BCUT2D eigenvalue weighted by molar-refractivity contribution is 0.0783. The molecule has 0 atom stereocenters. The van der Waals surface area contributed by atoms with Crippen molar-refractivity contribution in [1.29, 1.82) is 0 Å². The zero-order chi connectivity index (χ0) is 15.8. The molecule has 0 bridgehead atoms. The molecule has 0 unspecified atom stereocenters. The van der Waals surface area contributed by atoms with Gasteiger partial charge in [0.25, 0.3) is 0 Å². The number of aromatic nitrogens is 1. The summed E-state index contributed by atoms with van der Waals surface area (Å²) >= 11 is 0. The van der Waals surface area contributed by atoms with Crippen molar-refractivity contribution < 1.29 is 13.2 Å². The third-order valence-electron chi connectivity index (χ3n) is 4.37. The molecule has 2 aromatic rings. The molecule has 1 aliphatic rings. The zero-order valence-electron chi connectivity index (χ0n) is 12.3. The van der Waals surface area contributed by atoms with Crippen molar-refractivity contribution in [2.45, 2.75) is 29.6 Å². The fraction of sp³-hybridized carbons (Fsp3) is 0.294. The van der Waals surface area contributed by atoms with Crippen LogP contribution in [-0.4, -0.2) is 25.4 Å². The van der Waals surface area contributed by atoms with Gasteiger partial charge in [0.2, 0.25) is 0 Å². The molecule has 114 valence electrons. The first-order valence-corrected chi connectivity index (χ1v) is 9.09. The van der Waals surface area contributed by atoms with Crippen LogP contribution in [0.3, 0.4) is 0 Å². The summed E-state index contributed by atoms with van der Waals surface area (Å²) in [7, 11) is -3.22. The number of nitrogens with zero attached hydrogens (tertiary/aromatic N) is 1. The molecular formula is C17H17NO3S. The number of carbonyl (C=O) groups excluding carboxylic acids is 1. The molecule has 4 nitrogen and oxygen atoms in total. The second-order valence-electron chi connectivity index (χ2n) is 5.78. The monoisotopic (exact) mass is 315 g/mol. The van der Waals surface area contributed by atoms with E-state index in [-0.39, 0.29) is 10.7 Å². The number of Topliss-reactive ketones (excluding diaryl/α,β-unsaturated/α-hetero) is 1. The van der Waals surface area contributed by atoms with E-state index in [1.54, 1.807) is 48.7 Å². The van der Waals surface area contributed by atoms with Crippen molar-refractivity contribution in [3.8, 4) is 0 Å². The predicted octanol–water partition coefficient (Wildman–Crippen LogP) is 2.79. The van der Waals surface area contributed by atoms with Gasteiger partial charge in [-0.15, -0.1) is 0 Å². The molecule has 1 aliphatic carbocycles. The number of hydrogen-bond acceptors (Lipinski definition) is 4. The van der Waals surface area contributed by atoms with Gasteiger partial charge in [-0.2, -0.15) is 0 Å². The highest BCUT2D eigenvalue weighted by Crippen LogP contribution is 2.46. The Balaban J connectivity index is 1.99. The molecule has 0 saturated heterocycles. The van der Waals surface area contributed by atoms with E-state index in [0.717, 1.165) is 24.8 Å². The van der Waals surface area contributed by atoms with Crippen LogP contribution in [0.2, 0.25) is 0 Å². The first kappa shape index (κ1) is 14.9. The number of hydrogen-bond donors (Lipinski definition) is 0. The maximum atomic E-state index is 12.9. The summed E-state index contributed by atoms with van der Waals surface area (Å²) in [6, 6.07) is 12.0. The van der Waals surface area contributed by atoms with Gasteiger partial charge in [-0.1, -0.05) is 24.6 Å². The molecule has 1 aromatic carbocycles. The van der Waals surface area contributed by atoms with Gasteiger partial charge in [-0.3, -0.25) is 9.78 Å². The Morgan fingerprint density at radius 3 is 2.23 bits per heavy atom. The quantitative estimate of drug-likeness (QED) is 0.814. The topological polar surface area (TPSA) is 64.1 Å². The highest BCUT2D eigenvalue weighted by molar-refractivity contribution is 7.90. The van der Waals surface area contributed by atoms with E-state index in [1.807, 2.05) is 0 Å². The number of pyridine rings is 1. The molecule has 0 N–H and O–H groups in total. The molecule has 1 fully saturated rings. The van der Waals surface area contributed by atoms with Crippen LogP contribution < -0.4 is 0 Å². The van der Waals surface area contributed by atoms with E-state index in [4.69, 9.17) is 0 Å². The maximum Gasteiger partial charge on any atom is 0.191 e. The van der Waals surface area contributed by atoms with E-state index in [0.29, 0.717) is 5.69 Å². The fourth-order valence-corrected chi connectivity index (χ4v) is 3.57. The summed E-state index contributed by atoms with van der Waals surface area (Å²) in [5.41, 5.74) is 0.792. The SMILES string of the molecule is CS(=O)(=O)c1ccc(C2(C(=O)c3ccccn3)CCC2)cc1. The summed E-state index contributed by atoms with van der Waals surface area (Å²) < 4.78 is 23.1. The molecule has 22 heavy (non-hydrogen) atoms. The molecule has 0 amide bonds. The number of benzene rings is 1. The van der Waals surface area contributed by atoms with Gasteiger partial charge < -0.3 is 0 Å². The molecule has 0 radical (unpaired) electrons. The second-order valence-corrected chi connectivity index (χ2v) is 7.79. The van der Waals surface area contributed by atoms with E-state index in [9.17, 15) is 13.2 Å². The van der Waals surface area contributed by atoms with Gasteiger partial charge in [0, 0.05) is 12.5 Å². The largest absolute Gasteiger partial charge is 0.291 e. The minimum atomic E-state index is -3.22. The van der Waals surface area contributed by atoms with Crippen LogP contribution in [0.15, 0.2) is 53.6 Å². The average molecular weight is 315 g/mol. The van der Waals surface area contributed by atoms with Crippen molar-refractivity contribution in [3.63, 3.8) is 0 Å². The van der Waals surface area contributed by atoms with Crippen LogP contribution in [0.5, 0.6) is 0 Å². The van der Waals surface area contributed by atoms with Crippen LogP contribution in [-0.2, 0) is 15.3 Å². The molecule has 1 saturated carbocycles. The van der Waals surface area contributed by atoms with Crippen LogP contribution >= 0.6 is 0 Å². The summed E-state index contributed by atoms with van der Waals surface area (Å²) in [5.74, 6) is 0.0199. The summed E-state index contributed by atoms with van der Waals surface area (Å²) in [6.45, 7) is 0. The predicted molar refractivity (Wildman–Crippen MR) is 83.6 cm³/mol. The number of rotatable bonds is 4. The van der Waals surface area contributed by atoms with Crippen LogP contribution in [0.1, 0.15) is 35.3 Å². The highest BCUT2D eigenvalue weighted by Gasteiger charge is 2.46. The second kappa shape index (κ2) is 5.32. The summed E-state index contributed by atoms with van der Waals surface area (Å²) in [4.78, 5) is 17.3. The van der Waals surface area contributed by atoms with Gasteiger partial charge in [0.05, 0.1) is 10.3 Å². The Morgan fingerprint density at radius 1 is 1.09 bits per heavy atom. The Bertz CT molecular complexity index is 792. The van der Waals surface area contributed by atoms with Crippen molar-refractivity contribution >= 4 is 15.6 Å². The lowest BCUT2D eigenvalue weighted by Gasteiger charge is -2.40. The number of ketones is 1. The minimum Gasteiger partial charge on any atom is -0.291 e. The zero-order valence-corrected chi connectivity index (χ0v) is 13.1. The van der Waals surface area contributed by atoms with Crippen molar-refractivity contribution in [2.24, 2.45) is 0 Å². The van der Waals surface area contributed by atoms with Gasteiger partial charge in [-0.05, 0) is 42.7 Å². The standard InChI is InChI=1S/C17H17NO3S/c1-22(20,21)14-8-6-13(7-9-14)17(10-4-11-17)16(19)15-5-2-3-12-18-15/h2-3,5-9,12H,4,10-11H2,1H3. The number of carbonyl (C=O) groups is 1. The van der Waals surface area contributed by atoms with Crippen molar-refractivity contribution in [3.05, 3.63) is 59.9 Å². The molecule has 0 spiro atoms. The third-order valence-corrected chi connectivity index (χ3v) is 5.50. The van der Waals surface area contributed by atoms with E-state index in [2.05, 4.69) is 4.98 Å². The lowest BCUT2D eigenvalue weighted by atomic mass is 9.61. The summed E-state index contributed by atoms with van der Waals surface area (Å²) in [6.07, 6.45) is 5.35. The van der Waals surface area contributed by atoms with Gasteiger partial charge in [-0.25, -0.2) is 8.42 Å². The highest BCUT2D eigenvalue weighted by atomic mass is 32.2. The molecule has 3 rings (SSSR count). The maximum absolute atomic E-state index is 12.9. The Kier molecular flexibility index (Phi) is 3.60. The summed E-state index contributed by atoms with van der Waals surface area (Å²) in [5, 5.41) is 0. The Hall–Kier alpha value is -2.01. The van der Waals surface area contributed by atoms with E-state index < -0.39 is 15.3 Å². The first-order valence-electron chi connectivity index (χ1n) is 7.20.